The standard InChI is InChI=1S/C12H19N3O/c1-10-9-16-6-5-15(10)12-4-3-11(7-13-2)8-14-12/h3-4,8,10,13H,5-7,9H2,1-2H3. The highest BCUT2D eigenvalue weighted by atomic mass is 16.5. The SMILES string of the molecule is CNCc1ccc(N2CCOCC2C)nc1. The van der Waals surface area contributed by atoms with Crippen molar-refractivity contribution in [1.29, 1.82) is 0 Å². The molecule has 1 fully saturated rings. The zero-order valence-corrected chi connectivity index (χ0v) is 9.94. The lowest BCUT2D eigenvalue weighted by Gasteiger charge is -2.34. The molecule has 0 saturated carbocycles. The average Bonchev–Trinajstić information content (AvgIpc) is 2.31. The molecule has 0 aromatic carbocycles. The third-order valence-corrected chi connectivity index (χ3v) is 2.85. The van der Waals surface area contributed by atoms with Crippen molar-refractivity contribution in [3.05, 3.63) is 23.9 Å². The van der Waals surface area contributed by atoms with E-state index in [-0.39, 0.29) is 0 Å². The van der Waals surface area contributed by atoms with Crippen LogP contribution in [0.4, 0.5) is 5.82 Å². The Labute approximate surface area is 96.6 Å². The number of morpholine rings is 1. The minimum absolute atomic E-state index is 0.413. The fourth-order valence-corrected chi connectivity index (χ4v) is 1.96. The van der Waals surface area contributed by atoms with E-state index in [1.54, 1.807) is 0 Å². The first kappa shape index (κ1) is 11.4. The van der Waals surface area contributed by atoms with E-state index >= 15 is 0 Å². The van der Waals surface area contributed by atoms with Gasteiger partial charge in [-0.05, 0) is 25.6 Å². The Kier molecular flexibility index (Phi) is 3.74. The van der Waals surface area contributed by atoms with E-state index in [9.17, 15) is 0 Å². The van der Waals surface area contributed by atoms with Gasteiger partial charge in [-0.1, -0.05) is 6.07 Å². The normalized spacial score (nSPS) is 21.1. The van der Waals surface area contributed by atoms with Crippen molar-refractivity contribution in [1.82, 2.24) is 10.3 Å². The highest BCUT2D eigenvalue weighted by Crippen LogP contribution is 2.17. The Morgan fingerprint density at radius 2 is 2.44 bits per heavy atom. The summed E-state index contributed by atoms with van der Waals surface area (Å²) in [6.45, 7) is 5.55. The number of pyridine rings is 1. The van der Waals surface area contributed by atoms with Gasteiger partial charge < -0.3 is 15.0 Å². The molecule has 1 saturated heterocycles. The van der Waals surface area contributed by atoms with Crippen molar-refractivity contribution in [2.75, 3.05) is 31.7 Å². The van der Waals surface area contributed by atoms with Gasteiger partial charge in [0.1, 0.15) is 5.82 Å². The monoisotopic (exact) mass is 221 g/mol. The number of nitrogens with one attached hydrogen (secondary N) is 1. The summed E-state index contributed by atoms with van der Waals surface area (Å²) in [5, 5.41) is 3.12. The number of anilines is 1. The van der Waals surface area contributed by atoms with Crippen LogP contribution in [0.15, 0.2) is 18.3 Å². The van der Waals surface area contributed by atoms with Crippen molar-refractivity contribution in [3.63, 3.8) is 0 Å². The van der Waals surface area contributed by atoms with Crippen LogP contribution in [0.1, 0.15) is 12.5 Å². The van der Waals surface area contributed by atoms with Gasteiger partial charge in [0, 0.05) is 19.3 Å². The smallest absolute Gasteiger partial charge is 0.128 e. The molecule has 2 heterocycles. The third kappa shape index (κ3) is 2.51. The molecule has 4 nitrogen and oxygen atoms in total. The topological polar surface area (TPSA) is 37.4 Å². The first-order valence-corrected chi connectivity index (χ1v) is 5.75. The van der Waals surface area contributed by atoms with Crippen molar-refractivity contribution in [2.45, 2.75) is 19.5 Å². The highest BCUT2D eigenvalue weighted by Gasteiger charge is 2.19. The lowest BCUT2D eigenvalue weighted by molar-refractivity contribution is 0.0985. The maximum Gasteiger partial charge on any atom is 0.128 e. The van der Waals surface area contributed by atoms with Gasteiger partial charge in [-0.25, -0.2) is 4.98 Å². The van der Waals surface area contributed by atoms with E-state index < -0.39 is 0 Å². The molecule has 1 atom stereocenters. The largest absolute Gasteiger partial charge is 0.377 e. The molecule has 2 rings (SSSR count). The van der Waals surface area contributed by atoms with Gasteiger partial charge in [0.05, 0.1) is 19.3 Å². The molecule has 1 unspecified atom stereocenters. The predicted octanol–water partition coefficient (Wildman–Crippen LogP) is 1.03. The summed E-state index contributed by atoms with van der Waals surface area (Å²) in [4.78, 5) is 6.80. The molecule has 0 bridgehead atoms. The molecule has 1 aromatic heterocycles. The maximum atomic E-state index is 5.42. The summed E-state index contributed by atoms with van der Waals surface area (Å²) in [5.41, 5.74) is 1.21. The van der Waals surface area contributed by atoms with Crippen LogP contribution in [0.2, 0.25) is 0 Å². The number of nitrogens with zero attached hydrogens (tertiary/aromatic N) is 2. The molecule has 0 amide bonds. The van der Waals surface area contributed by atoms with Gasteiger partial charge >= 0.3 is 0 Å². The van der Waals surface area contributed by atoms with Crippen LogP contribution in [0.25, 0.3) is 0 Å². The number of rotatable bonds is 3. The molecule has 1 aliphatic rings. The molecular weight excluding hydrogens is 202 g/mol. The number of ether oxygens (including phenoxy) is 1. The lowest BCUT2D eigenvalue weighted by atomic mass is 10.2. The molecule has 0 radical (unpaired) electrons. The number of hydrogen-bond acceptors (Lipinski definition) is 4. The first-order chi connectivity index (χ1) is 7.81. The van der Waals surface area contributed by atoms with Crippen LogP contribution in [0.5, 0.6) is 0 Å². The Morgan fingerprint density at radius 1 is 1.56 bits per heavy atom. The minimum atomic E-state index is 0.413. The zero-order valence-electron chi connectivity index (χ0n) is 9.94. The summed E-state index contributed by atoms with van der Waals surface area (Å²) < 4.78 is 5.42. The zero-order chi connectivity index (χ0) is 11.4. The quantitative estimate of drug-likeness (QED) is 0.827. The molecule has 0 aliphatic carbocycles. The van der Waals surface area contributed by atoms with Crippen LogP contribution < -0.4 is 10.2 Å². The second-order valence-electron chi connectivity index (χ2n) is 4.17. The summed E-state index contributed by atoms with van der Waals surface area (Å²) in [6.07, 6.45) is 1.94. The molecule has 4 heteroatoms. The van der Waals surface area contributed by atoms with Crippen LogP contribution in [-0.4, -0.2) is 37.8 Å². The van der Waals surface area contributed by atoms with E-state index in [1.165, 1.54) is 5.56 Å². The maximum absolute atomic E-state index is 5.42. The van der Waals surface area contributed by atoms with E-state index in [2.05, 4.69) is 34.3 Å². The van der Waals surface area contributed by atoms with Crippen LogP contribution in [0.3, 0.4) is 0 Å². The fraction of sp³-hybridized carbons (Fsp3) is 0.583. The Balaban J connectivity index is 2.08. The van der Waals surface area contributed by atoms with Crippen molar-refractivity contribution in [2.24, 2.45) is 0 Å². The second-order valence-corrected chi connectivity index (χ2v) is 4.17. The Morgan fingerprint density at radius 3 is 3.06 bits per heavy atom. The van der Waals surface area contributed by atoms with Crippen LogP contribution in [0, 0.1) is 0 Å². The van der Waals surface area contributed by atoms with Gasteiger partial charge in [0.15, 0.2) is 0 Å². The summed E-state index contributed by atoms with van der Waals surface area (Å²) in [7, 11) is 1.94. The molecule has 0 spiro atoms. The van der Waals surface area contributed by atoms with Crippen molar-refractivity contribution >= 4 is 5.82 Å². The minimum Gasteiger partial charge on any atom is -0.377 e. The third-order valence-electron chi connectivity index (χ3n) is 2.85. The van der Waals surface area contributed by atoms with E-state index in [1.807, 2.05) is 13.2 Å². The van der Waals surface area contributed by atoms with Gasteiger partial charge in [0.25, 0.3) is 0 Å². The van der Waals surface area contributed by atoms with Gasteiger partial charge in [-0.3, -0.25) is 0 Å². The van der Waals surface area contributed by atoms with Crippen molar-refractivity contribution in [3.8, 4) is 0 Å². The molecule has 1 aromatic rings. The van der Waals surface area contributed by atoms with E-state index in [4.69, 9.17) is 4.74 Å². The molecule has 1 N–H and O–H groups in total. The van der Waals surface area contributed by atoms with Gasteiger partial charge in [-0.2, -0.15) is 0 Å². The van der Waals surface area contributed by atoms with E-state index in [0.29, 0.717) is 6.04 Å². The molecule has 88 valence electrons. The first-order valence-electron chi connectivity index (χ1n) is 5.75. The predicted molar refractivity (Wildman–Crippen MR) is 64.6 cm³/mol. The number of hydrogen-bond donors (Lipinski definition) is 1. The van der Waals surface area contributed by atoms with E-state index in [0.717, 1.165) is 32.1 Å². The fourth-order valence-electron chi connectivity index (χ4n) is 1.96. The van der Waals surface area contributed by atoms with Crippen LogP contribution >= 0.6 is 0 Å². The second kappa shape index (κ2) is 5.27. The number of aromatic nitrogens is 1. The molecule has 1 aliphatic heterocycles. The lowest BCUT2D eigenvalue weighted by Crippen LogP contribution is -2.44. The Hall–Kier alpha value is -1.13. The summed E-state index contributed by atoms with van der Waals surface area (Å²) >= 11 is 0. The van der Waals surface area contributed by atoms with Crippen LogP contribution in [-0.2, 0) is 11.3 Å². The highest BCUT2D eigenvalue weighted by molar-refractivity contribution is 5.40. The van der Waals surface area contributed by atoms with Gasteiger partial charge in [0.2, 0.25) is 0 Å². The molecular formula is C12H19N3O. The summed E-state index contributed by atoms with van der Waals surface area (Å²) in [5.74, 6) is 1.05. The molecule has 16 heavy (non-hydrogen) atoms. The Bertz CT molecular complexity index is 326. The van der Waals surface area contributed by atoms with Crippen molar-refractivity contribution < 1.29 is 4.74 Å². The average molecular weight is 221 g/mol. The summed E-state index contributed by atoms with van der Waals surface area (Å²) in [6, 6.07) is 4.63. The van der Waals surface area contributed by atoms with Gasteiger partial charge in [-0.15, -0.1) is 0 Å².